The quantitative estimate of drug-likeness (QED) is 0.700. The number of carbonyl (C=O) groups excluding carboxylic acids is 2. The van der Waals surface area contributed by atoms with E-state index in [-0.39, 0.29) is 11.8 Å². The second kappa shape index (κ2) is 9.73. The molecule has 27 heavy (non-hydrogen) atoms. The Hall–Kier alpha value is -2.86. The molecular formula is C21H26N2O4. The summed E-state index contributed by atoms with van der Waals surface area (Å²) in [6.07, 6.45) is -0.677. The van der Waals surface area contributed by atoms with Gasteiger partial charge in [-0.25, -0.2) is 0 Å². The van der Waals surface area contributed by atoms with E-state index in [1.165, 1.54) is 0 Å². The Balaban J connectivity index is 2.00. The van der Waals surface area contributed by atoms with Crippen LogP contribution in [0.3, 0.4) is 0 Å². The van der Waals surface area contributed by atoms with Crippen molar-refractivity contribution in [2.24, 2.45) is 0 Å². The van der Waals surface area contributed by atoms with Gasteiger partial charge in [0.05, 0.1) is 6.61 Å². The Morgan fingerprint density at radius 3 is 2.41 bits per heavy atom. The molecule has 2 aromatic rings. The molecule has 0 aliphatic rings. The molecule has 1 atom stereocenters. The van der Waals surface area contributed by atoms with Gasteiger partial charge in [-0.05, 0) is 50.1 Å². The fraction of sp³-hybridized carbons (Fsp3) is 0.333. The minimum atomic E-state index is -0.677. The van der Waals surface area contributed by atoms with Crippen LogP contribution in [0.2, 0.25) is 0 Å². The second-order valence-electron chi connectivity index (χ2n) is 6.30. The third-order valence-electron chi connectivity index (χ3n) is 4.06. The Morgan fingerprint density at radius 1 is 1.07 bits per heavy atom. The maximum absolute atomic E-state index is 12.5. The molecule has 0 aliphatic carbocycles. The molecule has 0 bridgehead atoms. The van der Waals surface area contributed by atoms with Gasteiger partial charge in [0, 0.05) is 24.9 Å². The summed E-state index contributed by atoms with van der Waals surface area (Å²) >= 11 is 0. The minimum Gasteiger partial charge on any atom is -0.480 e. The molecule has 0 heterocycles. The van der Waals surface area contributed by atoms with Gasteiger partial charge < -0.3 is 20.1 Å². The van der Waals surface area contributed by atoms with Crippen molar-refractivity contribution >= 4 is 17.5 Å². The number of amides is 2. The van der Waals surface area contributed by atoms with E-state index in [0.29, 0.717) is 30.2 Å². The third kappa shape index (κ3) is 5.82. The lowest BCUT2D eigenvalue weighted by Gasteiger charge is -2.18. The van der Waals surface area contributed by atoms with E-state index in [1.807, 2.05) is 32.0 Å². The highest BCUT2D eigenvalue weighted by atomic mass is 16.5. The second-order valence-corrected chi connectivity index (χ2v) is 6.30. The maximum atomic E-state index is 12.5. The molecule has 2 N–H and O–H groups in total. The summed E-state index contributed by atoms with van der Waals surface area (Å²) in [5.41, 5.74) is 2.96. The fourth-order valence-electron chi connectivity index (χ4n) is 2.57. The highest BCUT2D eigenvalue weighted by Gasteiger charge is 2.17. The molecule has 2 amide bonds. The van der Waals surface area contributed by atoms with Crippen LogP contribution in [-0.2, 0) is 9.53 Å². The first-order chi connectivity index (χ1) is 12.9. The molecule has 6 heteroatoms. The fourth-order valence-corrected chi connectivity index (χ4v) is 2.57. The highest BCUT2D eigenvalue weighted by molar-refractivity contribution is 5.98. The van der Waals surface area contributed by atoms with Gasteiger partial charge in [-0.15, -0.1) is 0 Å². The first-order valence-corrected chi connectivity index (χ1v) is 8.83. The Labute approximate surface area is 159 Å². The molecular weight excluding hydrogens is 344 g/mol. The first kappa shape index (κ1) is 20.5. The lowest BCUT2D eigenvalue weighted by molar-refractivity contribution is -0.122. The minimum absolute atomic E-state index is 0.219. The lowest BCUT2D eigenvalue weighted by Crippen LogP contribution is -2.31. The number of ether oxygens (including phenoxy) is 2. The number of carbonyl (C=O) groups is 2. The molecule has 6 nitrogen and oxygen atoms in total. The van der Waals surface area contributed by atoms with Gasteiger partial charge in [-0.2, -0.15) is 0 Å². The van der Waals surface area contributed by atoms with E-state index in [0.717, 1.165) is 11.1 Å². The van der Waals surface area contributed by atoms with Crippen molar-refractivity contribution in [3.63, 3.8) is 0 Å². The number of rotatable bonds is 8. The van der Waals surface area contributed by atoms with Crippen LogP contribution in [0.1, 0.15) is 28.4 Å². The summed E-state index contributed by atoms with van der Waals surface area (Å²) in [6.45, 7) is 6.45. The lowest BCUT2D eigenvalue weighted by atomic mass is 10.1. The Morgan fingerprint density at radius 2 is 1.74 bits per heavy atom. The van der Waals surface area contributed by atoms with Gasteiger partial charge in [-0.3, -0.25) is 9.59 Å². The van der Waals surface area contributed by atoms with E-state index >= 15 is 0 Å². The van der Waals surface area contributed by atoms with E-state index in [1.54, 1.807) is 38.3 Å². The van der Waals surface area contributed by atoms with Gasteiger partial charge in [0.2, 0.25) is 0 Å². The third-order valence-corrected chi connectivity index (χ3v) is 4.06. The predicted octanol–water partition coefficient (Wildman–Crippen LogP) is 3.09. The van der Waals surface area contributed by atoms with Gasteiger partial charge in [0.25, 0.3) is 11.8 Å². The molecule has 0 spiro atoms. The summed E-state index contributed by atoms with van der Waals surface area (Å²) in [5.74, 6) is 0.212. The Bertz CT molecular complexity index is 784. The number of anilines is 1. The van der Waals surface area contributed by atoms with Crippen molar-refractivity contribution in [1.82, 2.24) is 5.32 Å². The number of benzene rings is 2. The number of hydrogen-bond donors (Lipinski definition) is 2. The zero-order valence-corrected chi connectivity index (χ0v) is 16.2. The van der Waals surface area contributed by atoms with E-state index in [4.69, 9.17) is 9.47 Å². The van der Waals surface area contributed by atoms with Crippen LogP contribution in [0.15, 0.2) is 42.5 Å². The smallest absolute Gasteiger partial charge is 0.265 e. The number of methoxy groups -OCH3 is 1. The van der Waals surface area contributed by atoms with Gasteiger partial charge in [-0.1, -0.05) is 24.3 Å². The van der Waals surface area contributed by atoms with Crippen LogP contribution in [0.5, 0.6) is 5.75 Å². The molecule has 144 valence electrons. The van der Waals surface area contributed by atoms with E-state index in [9.17, 15) is 9.59 Å². The molecule has 0 radical (unpaired) electrons. The molecule has 0 saturated carbocycles. The number of aryl methyl sites for hydroxylation is 2. The van der Waals surface area contributed by atoms with Crippen molar-refractivity contribution in [1.29, 1.82) is 0 Å². The summed E-state index contributed by atoms with van der Waals surface area (Å²) in [6, 6.07) is 12.6. The molecule has 2 rings (SSSR count). The summed E-state index contributed by atoms with van der Waals surface area (Å²) in [7, 11) is 1.57. The summed E-state index contributed by atoms with van der Waals surface area (Å²) in [4.78, 5) is 24.6. The summed E-state index contributed by atoms with van der Waals surface area (Å²) in [5, 5.41) is 5.54. The SMILES string of the molecule is COCCNC(=O)c1cccc(NC(=O)C(C)Oc2c(C)cccc2C)c1. The largest absolute Gasteiger partial charge is 0.480 e. The Kier molecular flexibility index (Phi) is 7.37. The predicted molar refractivity (Wildman–Crippen MR) is 105 cm³/mol. The molecule has 1 unspecified atom stereocenters. The maximum Gasteiger partial charge on any atom is 0.265 e. The highest BCUT2D eigenvalue weighted by Crippen LogP contribution is 2.24. The number of nitrogens with one attached hydrogen (secondary N) is 2. The summed E-state index contributed by atoms with van der Waals surface area (Å²) < 4.78 is 10.8. The van der Waals surface area contributed by atoms with Crippen molar-refractivity contribution in [3.8, 4) is 5.75 Å². The standard InChI is InChI=1S/C21H26N2O4/c1-14-7-5-8-15(2)19(14)27-16(3)20(24)23-18-10-6-9-17(13-18)21(25)22-11-12-26-4/h5-10,13,16H,11-12H2,1-4H3,(H,22,25)(H,23,24). The van der Waals surface area contributed by atoms with Crippen molar-refractivity contribution in [2.45, 2.75) is 26.9 Å². The first-order valence-electron chi connectivity index (χ1n) is 8.83. The number of hydrogen-bond acceptors (Lipinski definition) is 4. The van der Waals surface area contributed by atoms with E-state index in [2.05, 4.69) is 10.6 Å². The van der Waals surface area contributed by atoms with Gasteiger partial charge in [0.15, 0.2) is 6.10 Å². The van der Waals surface area contributed by atoms with Crippen LogP contribution < -0.4 is 15.4 Å². The average molecular weight is 370 g/mol. The molecule has 0 aromatic heterocycles. The van der Waals surface area contributed by atoms with Crippen LogP contribution in [0.25, 0.3) is 0 Å². The van der Waals surface area contributed by atoms with Crippen molar-refractivity contribution in [3.05, 3.63) is 59.2 Å². The topological polar surface area (TPSA) is 76.7 Å². The van der Waals surface area contributed by atoms with Crippen molar-refractivity contribution < 1.29 is 19.1 Å². The van der Waals surface area contributed by atoms with Gasteiger partial charge >= 0.3 is 0 Å². The molecule has 0 aliphatic heterocycles. The van der Waals surface area contributed by atoms with Crippen LogP contribution in [-0.4, -0.2) is 38.2 Å². The number of para-hydroxylation sites is 1. The zero-order chi connectivity index (χ0) is 19.8. The average Bonchev–Trinajstić information content (AvgIpc) is 2.65. The zero-order valence-electron chi connectivity index (χ0n) is 16.2. The van der Waals surface area contributed by atoms with Gasteiger partial charge in [0.1, 0.15) is 5.75 Å². The molecule has 2 aromatic carbocycles. The molecule has 0 fully saturated rings. The molecule has 0 saturated heterocycles. The normalized spacial score (nSPS) is 11.6. The monoisotopic (exact) mass is 370 g/mol. The van der Waals surface area contributed by atoms with Crippen LogP contribution in [0, 0.1) is 13.8 Å². The van der Waals surface area contributed by atoms with E-state index < -0.39 is 6.10 Å². The van der Waals surface area contributed by atoms with Crippen LogP contribution in [0.4, 0.5) is 5.69 Å². The van der Waals surface area contributed by atoms with Crippen LogP contribution >= 0.6 is 0 Å². The van der Waals surface area contributed by atoms with Crippen molar-refractivity contribution in [2.75, 3.05) is 25.6 Å².